The third-order valence-electron chi connectivity index (χ3n) is 4.47. The minimum atomic E-state index is 0.810. The van der Waals surface area contributed by atoms with E-state index >= 15 is 0 Å². The number of hydrogen-bond acceptors (Lipinski definition) is 1. The van der Waals surface area contributed by atoms with Crippen LogP contribution in [0, 0.1) is 0 Å². The SMILES string of the molecule is CCCCCCCCOc1c2ccccc2cc2ccccc12. The third kappa shape index (κ3) is 3.85. The third-order valence-corrected chi connectivity index (χ3v) is 4.47. The summed E-state index contributed by atoms with van der Waals surface area (Å²) in [6, 6.07) is 19.3. The fourth-order valence-electron chi connectivity index (χ4n) is 3.18. The van der Waals surface area contributed by atoms with Crippen molar-refractivity contribution in [3.05, 3.63) is 54.6 Å². The summed E-state index contributed by atoms with van der Waals surface area (Å²) in [5.74, 6) is 1.05. The molecule has 0 heterocycles. The normalized spacial score (nSPS) is 11.2. The van der Waals surface area contributed by atoms with Gasteiger partial charge in [-0.15, -0.1) is 0 Å². The molecule has 0 saturated carbocycles. The molecule has 3 rings (SSSR count). The molecule has 1 nitrogen and oxygen atoms in total. The molecule has 120 valence electrons. The summed E-state index contributed by atoms with van der Waals surface area (Å²) in [4.78, 5) is 0. The van der Waals surface area contributed by atoms with E-state index in [1.807, 2.05) is 0 Å². The van der Waals surface area contributed by atoms with E-state index in [0.29, 0.717) is 0 Å². The second-order valence-electron chi connectivity index (χ2n) is 6.26. The Kier molecular flexibility index (Phi) is 5.52. The first kappa shape index (κ1) is 15.9. The van der Waals surface area contributed by atoms with Crippen LogP contribution < -0.4 is 4.74 Å². The summed E-state index contributed by atoms with van der Waals surface area (Å²) in [6.45, 7) is 3.07. The van der Waals surface area contributed by atoms with Gasteiger partial charge in [0.25, 0.3) is 0 Å². The first-order valence-electron chi connectivity index (χ1n) is 8.93. The molecule has 0 atom stereocenters. The molecular formula is C22H26O. The number of benzene rings is 3. The fraction of sp³-hybridized carbons (Fsp3) is 0.364. The van der Waals surface area contributed by atoms with Crippen molar-refractivity contribution < 1.29 is 4.74 Å². The van der Waals surface area contributed by atoms with Gasteiger partial charge in [-0.2, -0.15) is 0 Å². The van der Waals surface area contributed by atoms with Gasteiger partial charge in [0.15, 0.2) is 0 Å². The molecule has 0 aliphatic carbocycles. The second kappa shape index (κ2) is 8.01. The average Bonchev–Trinajstić information content (AvgIpc) is 2.60. The Morgan fingerprint density at radius 3 is 1.91 bits per heavy atom. The largest absolute Gasteiger partial charge is 0.492 e. The highest BCUT2D eigenvalue weighted by molar-refractivity contribution is 6.05. The Bertz CT molecular complexity index is 706. The zero-order chi connectivity index (χ0) is 15.9. The first-order valence-corrected chi connectivity index (χ1v) is 8.93. The van der Waals surface area contributed by atoms with Crippen molar-refractivity contribution in [2.45, 2.75) is 45.4 Å². The summed E-state index contributed by atoms with van der Waals surface area (Å²) < 4.78 is 6.24. The second-order valence-corrected chi connectivity index (χ2v) is 6.26. The van der Waals surface area contributed by atoms with Crippen molar-refractivity contribution in [1.29, 1.82) is 0 Å². The molecule has 0 aliphatic rings. The van der Waals surface area contributed by atoms with Gasteiger partial charge in [0.05, 0.1) is 6.61 Å². The summed E-state index contributed by atoms with van der Waals surface area (Å²) in [5.41, 5.74) is 0. The van der Waals surface area contributed by atoms with Crippen molar-refractivity contribution in [2.75, 3.05) is 6.61 Å². The highest BCUT2D eigenvalue weighted by atomic mass is 16.5. The molecule has 3 aromatic carbocycles. The molecule has 0 fully saturated rings. The smallest absolute Gasteiger partial charge is 0.134 e. The summed E-state index contributed by atoms with van der Waals surface area (Å²) in [7, 11) is 0. The Labute approximate surface area is 139 Å². The number of unbranched alkanes of at least 4 members (excludes halogenated alkanes) is 5. The number of ether oxygens (including phenoxy) is 1. The molecule has 0 unspecified atom stereocenters. The molecule has 0 aliphatic heterocycles. The van der Waals surface area contributed by atoms with Crippen LogP contribution in [-0.4, -0.2) is 6.61 Å². The Morgan fingerprint density at radius 1 is 0.696 bits per heavy atom. The van der Waals surface area contributed by atoms with Crippen LogP contribution >= 0.6 is 0 Å². The van der Waals surface area contributed by atoms with Crippen molar-refractivity contribution in [1.82, 2.24) is 0 Å². The molecule has 3 aromatic rings. The average molecular weight is 306 g/mol. The maximum Gasteiger partial charge on any atom is 0.134 e. The van der Waals surface area contributed by atoms with Crippen LogP contribution in [-0.2, 0) is 0 Å². The summed E-state index contributed by atoms with van der Waals surface area (Å²) >= 11 is 0. The van der Waals surface area contributed by atoms with Crippen molar-refractivity contribution in [2.24, 2.45) is 0 Å². The highest BCUT2D eigenvalue weighted by Crippen LogP contribution is 2.34. The topological polar surface area (TPSA) is 9.23 Å². The van der Waals surface area contributed by atoms with Crippen LogP contribution in [0.5, 0.6) is 5.75 Å². The van der Waals surface area contributed by atoms with E-state index < -0.39 is 0 Å². The van der Waals surface area contributed by atoms with Crippen LogP contribution in [0.15, 0.2) is 54.6 Å². The molecule has 0 aromatic heterocycles. The highest BCUT2D eigenvalue weighted by Gasteiger charge is 2.08. The van der Waals surface area contributed by atoms with Gasteiger partial charge in [-0.05, 0) is 23.3 Å². The van der Waals surface area contributed by atoms with Crippen molar-refractivity contribution >= 4 is 21.5 Å². The lowest BCUT2D eigenvalue weighted by atomic mass is 10.0. The Hall–Kier alpha value is -2.02. The van der Waals surface area contributed by atoms with Crippen LogP contribution in [0.2, 0.25) is 0 Å². The van der Waals surface area contributed by atoms with E-state index in [2.05, 4.69) is 61.5 Å². The lowest BCUT2D eigenvalue weighted by molar-refractivity contribution is 0.311. The van der Waals surface area contributed by atoms with E-state index in [9.17, 15) is 0 Å². The molecule has 1 heteroatoms. The molecular weight excluding hydrogens is 280 g/mol. The standard InChI is InChI=1S/C22H26O/c1-2-3-4-5-6-11-16-23-22-20-14-9-7-12-18(20)17-19-13-8-10-15-21(19)22/h7-10,12-15,17H,2-6,11,16H2,1H3. The van der Waals surface area contributed by atoms with Gasteiger partial charge in [0, 0.05) is 10.8 Å². The van der Waals surface area contributed by atoms with Gasteiger partial charge in [0.1, 0.15) is 5.75 Å². The van der Waals surface area contributed by atoms with Crippen molar-refractivity contribution in [3.63, 3.8) is 0 Å². The molecule has 23 heavy (non-hydrogen) atoms. The lowest BCUT2D eigenvalue weighted by Gasteiger charge is -2.13. The molecule has 0 saturated heterocycles. The molecule has 0 spiro atoms. The van der Waals surface area contributed by atoms with E-state index in [-0.39, 0.29) is 0 Å². The first-order chi connectivity index (χ1) is 11.4. The minimum absolute atomic E-state index is 0.810. The van der Waals surface area contributed by atoms with Gasteiger partial charge in [0.2, 0.25) is 0 Å². The number of rotatable bonds is 8. The van der Waals surface area contributed by atoms with E-state index in [4.69, 9.17) is 4.74 Å². The van der Waals surface area contributed by atoms with Crippen LogP contribution in [0.4, 0.5) is 0 Å². The minimum Gasteiger partial charge on any atom is -0.492 e. The number of fused-ring (bicyclic) bond motifs is 2. The van der Waals surface area contributed by atoms with Gasteiger partial charge >= 0.3 is 0 Å². The van der Waals surface area contributed by atoms with E-state index in [0.717, 1.165) is 18.8 Å². The van der Waals surface area contributed by atoms with E-state index in [1.165, 1.54) is 53.6 Å². The Balaban J connectivity index is 1.75. The van der Waals surface area contributed by atoms with Gasteiger partial charge in [-0.3, -0.25) is 0 Å². The van der Waals surface area contributed by atoms with Crippen LogP contribution in [0.3, 0.4) is 0 Å². The van der Waals surface area contributed by atoms with Crippen LogP contribution in [0.1, 0.15) is 45.4 Å². The van der Waals surface area contributed by atoms with E-state index in [1.54, 1.807) is 0 Å². The lowest BCUT2D eigenvalue weighted by Crippen LogP contribution is -1.99. The molecule has 0 bridgehead atoms. The monoisotopic (exact) mass is 306 g/mol. The zero-order valence-corrected chi connectivity index (χ0v) is 14.1. The maximum absolute atomic E-state index is 6.24. The van der Waals surface area contributed by atoms with Gasteiger partial charge < -0.3 is 4.74 Å². The van der Waals surface area contributed by atoms with Gasteiger partial charge in [-0.1, -0.05) is 87.6 Å². The van der Waals surface area contributed by atoms with Gasteiger partial charge in [-0.25, -0.2) is 0 Å². The Morgan fingerprint density at radius 2 is 1.26 bits per heavy atom. The predicted molar refractivity (Wildman–Crippen MR) is 100 cm³/mol. The quantitative estimate of drug-likeness (QED) is 0.331. The predicted octanol–water partition coefficient (Wildman–Crippen LogP) is 6.73. The number of hydrogen-bond donors (Lipinski definition) is 0. The maximum atomic E-state index is 6.24. The molecule has 0 amide bonds. The zero-order valence-electron chi connectivity index (χ0n) is 14.1. The van der Waals surface area contributed by atoms with Crippen molar-refractivity contribution in [3.8, 4) is 5.75 Å². The fourth-order valence-corrected chi connectivity index (χ4v) is 3.18. The molecule has 0 N–H and O–H groups in total. The van der Waals surface area contributed by atoms with Crippen LogP contribution in [0.25, 0.3) is 21.5 Å². The summed E-state index contributed by atoms with van der Waals surface area (Å²) in [6.07, 6.45) is 7.75. The summed E-state index contributed by atoms with van der Waals surface area (Å²) in [5, 5.41) is 4.95. The molecule has 0 radical (unpaired) electrons.